The molecule has 2 N–H and O–H groups in total. The number of amides is 2. The third-order valence-electron chi connectivity index (χ3n) is 4.64. The summed E-state index contributed by atoms with van der Waals surface area (Å²) in [5.74, 6) is 0.0528. The molecule has 0 aromatic rings. The molecule has 0 spiro atoms. The molecule has 0 bridgehead atoms. The van der Waals surface area contributed by atoms with Crippen LogP contribution in [0.2, 0.25) is 0 Å². The van der Waals surface area contributed by atoms with Crippen molar-refractivity contribution < 1.29 is 14.3 Å². The number of carbonyl (C=O) groups excluding carboxylic acids is 2. The Balaban J connectivity index is 1.96. The summed E-state index contributed by atoms with van der Waals surface area (Å²) in [4.78, 5) is 28.9. The van der Waals surface area contributed by atoms with Crippen molar-refractivity contribution in [1.29, 1.82) is 0 Å². The second kappa shape index (κ2) is 7.42. The maximum Gasteiger partial charge on any atom is 0.242 e. The molecule has 0 aromatic carbocycles. The first kappa shape index (κ1) is 17.2. The van der Waals surface area contributed by atoms with Gasteiger partial charge >= 0.3 is 0 Å². The van der Waals surface area contributed by atoms with E-state index in [0.29, 0.717) is 45.8 Å². The molecular weight excluding hydrogens is 282 g/mol. The van der Waals surface area contributed by atoms with Gasteiger partial charge in [-0.3, -0.25) is 9.59 Å². The highest BCUT2D eigenvalue weighted by Gasteiger charge is 2.37. The Morgan fingerprint density at radius 2 is 1.91 bits per heavy atom. The Bertz CT molecular complexity index is 405. The molecule has 0 saturated carbocycles. The number of ether oxygens (including phenoxy) is 1. The van der Waals surface area contributed by atoms with Crippen molar-refractivity contribution in [3.05, 3.63) is 0 Å². The van der Waals surface area contributed by atoms with Crippen LogP contribution >= 0.6 is 0 Å². The summed E-state index contributed by atoms with van der Waals surface area (Å²) in [6, 6.07) is 0. The lowest BCUT2D eigenvalue weighted by molar-refractivity contribution is -0.145. The Hall–Kier alpha value is -1.14. The SMILES string of the molecule is CCCC(C)(N)C(=O)N1CCCC(C(=O)N2CCOCC2)C1. The average Bonchev–Trinajstić information content (AvgIpc) is 2.54. The van der Waals surface area contributed by atoms with Gasteiger partial charge in [0, 0.05) is 26.2 Å². The first-order valence-electron chi connectivity index (χ1n) is 8.40. The molecule has 2 amide bonds. The van der Waals surface area contributed by atoms with Crippen molar-refractivity contribution >= 4 is 11.8 Å². The van der Waals surface area contributed by atoms with E-state index in [-0.39, 0.29) is 17.7 Å². The lowest BCUT2D eigenvalue weighted by atomic mass is 9.91. The van der Waals surface area contributed by atoms with Gasteiger partial charge in [0.25, 0.3) is 0 Å². The van der Waals surface area contributed by atoms with Crippen molar-refractivity contribution in [2.45, 2.75) is 45.1 Å². The molecule has 2 unspecified atom stereocenters. The van der Waals surface area contributed by atoms with Crippen LogP contribution in [0.15, 0.2) is 0 Å². The summed E-state index contributed by atoms with van der Waals surface area (Å²) in [5.41, 5.74) is 5.34. The van der Waals surface area contributed by atoms with Crippen molar-refractivity contribution in [2.24, 2.45) is 11.7 Å². The molecule has 0 aromatic heterocycles. The van der Waals surface area contributed by atoms with Crippen LogP contribution in [0.5, 0.6) is 0 Å². The minimum Gasteiger partial charge on any atom is -0.378 e. The normalized spacial score (nSPS) is 25.7. The molecule has 2 atom stereocenters. The van der Waals surface area contributed by atoms with E-state index < -0.39 is 5.54 Å². The summed E-state index contributed by atoms with van der Waals surface area (Å²) in [6.45, 7) is 7.58. The van der Waals surface area contributed by atoms with Crippen LogP contribution in [-0.2, 0) is 14.3 Å². The van der Waals surface area contributed by atoms with Gasteiger partial charge in [0.1, 0.15) is 0 Å². The van der Waals surface area contributed by atoms with Crippen molar-refractivity contribution in [3.63, 3.8) is 0 Å². The van der Waals surface area contributed by atoms with E-state index >= 15 is 0 Å². The van der Waals surface area contributed by atoms with E-state index in [2.05, 4.69) is 0 Å². The van der Waals surface area contributed by atoms with Gasteiger partial charge in [-0.2, -0.15) is 0 Å². The fourth-order valence-electron chi connectivity index (χ4n) is 3.39. The van der Waals surface area contributed by atoms with Crippen molar-refractivity contribution in [2.75, 3.05) is 39.4 Å². The van der Waals surface area contributed by atoms with Crippen LogP contribution in [0.1, 0.15) is 39.5 Å². The molecule has 0 radical (unpaired) electrons. The smallest absolute Gasteiger partial charge is 0.242 e. The number of carbonyl (C=O) groups is 2. The maximum absolute atomic E-state index is 12.6. The van der Waals surface area contributed by atoms with E-state index in [0.717, 1.165) is 19.3 Å². The first-order chi connectivity index (χ1) is 10.5. The van der Waals surface area contributed by atoms with E-state index in [1.165, 1.54) is 0 Å². The fourth-order valence-corrected chi connectivity index (χ4v) is 3.39. The molecule has 2 heterocycles. The van der Waals surface area contributed by atoms with Gasteiger partial charge in [0.2, 0.25) is 11.8 Å². The zero-order chi connectivity index (χ0) is 16.2. The monoisotopic (exact) mass is 311 g/mol. The topological polar surface area (TPSA) is 75.9 Å². The van der Waals surface area contributed by atoms with Crippen LogP contribution in [0.3, 0.4) is 0 Å². The van der Waals surface area contributed by atoms with E-state index in [1.807, 2.05) is 11.8 Å². The van der Waals surface area contributed by atoms with Gasteiger partial charge in [0.05, 0.1) is 24.7 Å². The molecule has 2 aliphatic heterocycles. The second-order valence-electron chi connectivity index (χ2n) is 6.70. The van der Waals surface area contributed by atoms with Gasteiger partial charge < -0.3 is 20.3 Å². The number of piperidine rings is 1. The Labute approximate surface area is 132 Å². The van der Waals surface area contributed by atoms with Crippen LogP contribution in [0, 0.1) is 5.92 Å². The summed E-state index contributed by atoms with van der Waals surface area (Å²) < 4.78 is 5.29. The zero-order valence-corrected chi connectivity index (χ0v) is 13.8. The maximum atomic E-state index is 12.6. The summed E-state index contributed by atoms with van der Waals surface area (Å²) in [5, 5.41) is 0. The first-order valence-corrected chi connectivity index (χ1v) is 8.40. The molecule has 2 fully saturated rings. The predicted octanol–water partition coefficient (Wildman–Crippen LogP) is 0.601. The Kier molecular flexibility index (Phi) is 5.81. The number of morpholine rings is 1. The highest BCUT2D eigenvalue weighted by molar-refractivity contribution is 5.87. The molecule has 2 saturated heterocycles. The molecule has 6 nitrogen and oxygen atoms in total. The number of hydrogen-bond donors (Lipinski definition) is 1. The molecule has 0 aliphatic carbocycles. The number of nitrogens with zero attached hydrogens (tertiary/aromatic N) is 2. The molecule has 126 valence electrons. The van der Waals surface area contributed by atoms with Gasteiger partial charge in [0.15, 0.2) is 0 Å². The lowest BCUT2D eigenvalue weighted by Crippen LogP contribution is -2.57. The zero-order valence-electron chi connectivity index (χ0n) is 13.8. The van der Waals surface area contributed by atoms with Crippen molar-refractivity contribution in [1.82, 2.24) is 9.80 Å². The fraction of sp³-hybridized carbons (Fsp3) is 0.875. The van der Waals surface area contributed by atoms with Crippen LogP contribution < -0.4 is 5.73 Å². The van der Waals surface area contributed by atoms with Gasteiger partial charge in [-0.1, -0.05) is 13.3 Å². The molecule has 2 aliphatic rings. The summed E-state index contributed by atoms with van der Waals surface area (Å²) in [6.07, 6.45) is 3.27. The van der Waals surface area contributed by atoms with E-state index in [9.17, 15) is 9.59 Å². The van der Waals surface area contributed by atoms with E-state index in [4.69, 9.17) is 10.5 Å². The minimum absolute atomic E-state index is 0.0196. The molecular formula is C16H29N3O3. The quantitative estimate of drug-likeness (QED) is 0.825. The summed E-state index contributed by atoms with van der Waals surface area (Å²) in [7, 11) is 0. The third-order valence-corrected chi connectivity index (χ3v) is 4.64. The largest absolute Gasteiger partial charge is 0.378 e. The standard InChI is InChI=1S/C16H29N3O3/c1-3-6-16(2,17)15(21)19-7-4-5-13(12-19)14(20)18-8-10-22-11-9-18/h13H,3-12,17H2,1-2H3. The molecule has 22 heavy (non-hydrogen) atoms. The summed E-state index contributed by atoms with van der Waals surface area (Å²) >= 11 is 0. The third kappa shape index (κ3) is 3.98. The van der Waals surface area contributed by atoms with Gasteiger partial charge in [-0.15, -0.1) is 0 Å². The highest BCUT2D eigenvalue weighted by Crippen LogP contribution is 2.23. The predicted molar refractivity (Wildman–Crippen MR) is 84.2 cm³/mol. The van der Waals surface area contributed by atoms with Gasteiger partial charge in [-0.25, -0.2) is 0 Å². The van der Waals surface area contributed by atoms with Crippen LogP contribution in [-0.4, -0.2) is 66.5 Å². The average molecular weight is 311 g/mol. The number of nitrogens with two attached hydrogens (primary N) is 1. The Morgan fingerprint density at radius 1 is 1.23 bits per heavy atom. The second-order valence-corrected chi connectivity index (χ2v) is 6.70. The van der Waals surface area contributed by atoms with Crippen LogP contribution in [0.4, 0.5) is 0 Å². The van der Waals surface area contributed by atoms with Crippen LogP contribution in [0.25, 0.3) is 0 Å². The lowest BCUT2D eigenvalue weighted by Gasteiger charge is -2.39. The van der Waals surface area contributed by atoms with Gasteiger partial charge in [-0.05, 0) is 26.2 Å². The Morgan fingerprint density at radius 3 is 2.55 bits per heavy atom. The van der Waals surface area contributed by atoms with E-state index in [1.54, 1.807) is 11.8 Å². The number of rotatable bonds is 4. The number of likely N-dealkylation sites (tertiary alicyclic amines) is 1. The molecule has 2 rings (SSSR count). The highest BCUT2D eigenvalue weighted by atomic mass is 16.5. The van der Waals surface area contributed by atoms with Crippen molar-refractivity contribution in [3.8, 4) is 0 Å². The molecule has 6 heteroatoms. The minimum atomic E-state index is -0.821. The number of hydrogen-bond acceptors (Lipinski definition) is 4.